The SMILES string of the molecule is O=C(Nc1cccc(-c2nc3ccccc3s2)c1)NC1CCCC1. The molecule has 2 N–H and O–H groups in total. The van der Waals surface area contributed by atoms with Crippen LogP contribution in [0.2, 0.25) is 0 Å². The topological polar surface area (TPSA) is 54.0 Å². The first kappa shape index (κ1) is 15.1. The Morgan fingerprint density at radius 2 is 1.92 bits per heavy atom. The van der Waals surface area contributed by atoms with Gasteiger partial charge in [-0.3, -0.25) is 0 Å². The van der Waals surface area contributed by atoms with Crippen LogP contribution in [0.25, 0.3) is 20.8 Å². The van der Waals surface area contributed by atoms with Gasteiger partial charge in [-0.15, -0.1) is 11.3 Å². The van der Waals surface area contributed by atoms with Gasteiger partial charge in [0.2, 0.25) is 0 Å². The van der Waals surface area contributed by atoms with Gasteiger partial charge in [0.05, 0.1) is 10.2 Å². The first-order valence-electron chi connectivity index (χ1n) is 8.31. The summed E-state index contributed by atoms with van der Waals surface area (Å²) in [5, 5.41) is 6.95. The minimum atomic E-state index is -0.122. The lowest BCUT2D eigenvalue weighted by molar-refractivity contribution is 0.248. The minimum absolute atomic E-state index is 0.122. The third-order valence-corrected chi connectivity index (χ3v) is 5.44. The molecule has 0 atom stereocenters. The summed E-state index contributed by atoms with van der Waals surface area (Å²) >= 11 is 1.66. The summed E-state index contributed by atoms with van der Waals surface area (Å²) in [4.78, 5) is 16.8. The third kappa shape index (κ3) is 3.26. The number of carbonyl (C=O) groups is 1. The lowest BCUT2D eigenvalue weighted by Crippen LogP contribution is -2.36. The van der Waals surface area contributed by atoms with Crippen molar-refractivity contribution < 1.29 is 4.79 Å². The standard InChI is InChI=1S/C19H19N3OS/c23-19(20-14-7-1-2-8-14)21-15-9-5-6-13(12-15)18-22-16-10-3-4-11-17(16)24-18/h3-6,9-12,14H,1-2,7-8H2,(H2,20,21,23). The van der Waals surface area contributed by atoms with Gasteiger partial charge in [0.25, 0.3) is 0 Å². The molecule has 2 aromatic carbocycles. The van der Waals surface area contributed by atoms with Gasteiger partial charge in [-0.2, -0.15) is 0 Å². The molecule has 24 heavy (non-hydrogen) atoms. The second-order valence-corrected chi connectivity index (χ2v) is 7.18. The smallest absolute Gasteiger partial charge is 0.319 e. The average molecular weight is 337 g/mol. The number of carbonyl (C=O) groups excluding carboxylic acids is 1. The van der Waals surface area contributed by atoms with Crippen LogP contribution in [0.1, 0.15) is 25.7 Å². The Morgan fingerprint density at radius 1 is 1.08 bits per heavy atom. The van der Waals surface area contributed by atoms with Crippen molar-refractivity contribution in [2.75, 3.05) is 5.32 Å². The summed E-state index contributed by atoms with van der Waals surface area (Å²) in [6, 6.07) is 16.2. The number of amides is 2. The summed E-state index contributed by atoms with van der Waals surface area (Å²) in [5.41, 5.74) is 2.83. The minimum Gasteiger partial charge on any atom is -0.335 e. The molecule has 122 valence electrons. The Kier molecular flexibility index (Phi) is 4.17. The number of hydrogen-bond acceptors (Lipinski definition) is 3. The monoisotopic (exact) mass is 337 g/mol. The summed E-state index contributed by atoms with van der Waals surface area (Å²) in [6.07, 6.45) is 4.58. The molecule has 0 unspecified atom stereocenters. The van der Waals surface area contributed by atoms with E-state index in [4.69, 9.17) is 0 Å². The molecule has 1 saturated carbocycles. The molecule has 0 aliphatic heterocycles. The van der Waals surface area contributed by atoms with E-state index >= 15 is 0 Å². The highest BCUT2D eigenvalue weighted by Crippen LogP contribution is 2.31. The number of thiazole rings is 1. The van der Waals surface area contributed by atoms with Gasteiger partial charge in [0, 0.05) is 17.3 Å². The van der Waals surface area contributed by atoms with Gasteiger partial charge in [0.1, 0.15) is 5.01 Å². The second-order valence-electron chi connectivity index (χ2n) is 6.15. The van der Waals surface area contributed by atoms with Crippen LogP contribution in [0.3, 0.4) is 0 Å². The van der Waals surface area contributed by atoms with Crippen LogP contribution in [0.15, 0.2) is 48.5 Å². The maximum atomic E-state index is 12.1. The second kappa shape index (κ2) is 6.61. The van der Waals surface area contributed by atoms with Crippen LogP contribution in [-0.2, 0) is 0 Å². The molecule has 1 fully saturated rings. The number of anilines is 1. The fourth-order valence-corrected chi connectivity index (χ4v) is 4.11. The number of nitrogens with one attached hydrogen (secondary N) is 2. The highest BCUT2D eigenvalue weighted by atomic mass is 32.1. The van der Waals surface area contributed by atoms with Crippen LogP contribution in [0.5, 0.6) is 0 Å². The lowest BCUT2D eigenvalue weighted by atomic mass is 10.2. The van der Waals surface area contributed by atoms with E-state index in [1.807, 2.05) is 42.5 Å². The van der Waals surface area contributed by atoms with Gasteiger partial charge in [-0.1, -0.05) is 37.1 Å². The van der Waals surface area contributed by atoms with Crippen LogP contribution < -0.4 is 10.6 Å². The van der Waals surface area contributed by atoms with Gasteiger partial charge < -0.3 is 10.6 Å². The van der Waals surface area contributed by atoms with Crippen molar-refractivity contribution in [3.63, 3.8) is 0 Å². The molecule has 2 amide bonds. The van der Waals surface area contributed by atoms with Crippen LogP contribution in [0.4, 0.5) is 10.5 Å². The quantitative estimate of drug-likeness (QED) is 0.704. The largest absolute Gasteiger partial charge is 0.335 e. The summed E-state index contributed by atoms with van der Waals surface area (Å²) < 4.78 is 1.17. The molecule has 1 aliphatic rings. The van der Waals surface area contributed by atoms with Crippen molar-refractivity contribution in [2.45, 2.75) is 31.7 Å². The molecular formula is C19H19N3OS. The van der Waals surface area contributed by atoms with Gasteiger partial charge >= 0.3 is 6.03 Å². The average Bonchev–Trinajstić information content (AvgIpc) is 3.24. The first-order chi connectivity index (χ1) is 11.8. The molecule has 0 bridgehead atoms. The van der Waals surface area contributed by atoms with Crippen molar-refractivity contribution >= 4 is 33.3 Å². The van der Waals surface area contributed by atoms with E-state index in [2.05, 4.69) is 21.7 Å². The predicted molar refractivity (Wildman–Crippen MR) is 99.5 cm³/mol. The highest BCUT2D eigenvalue weighted by Gasteiger charge is 2.17. The van der Waals surface area contributed by atoms with Crippen molar-refractivity contribution in [3.05, 3.63) is 48.5 Å². The van der Waals surface area contributed by atoms with Crippen LogP contribution >= 0.6 is 11.3 Å². The first-order valence-corrected chi connectivity index (χ1v) is 9.13. The fourth-order valence-electron chi connectivity index (χ4n) is 3.15. The van der Waals surface area contributed by atoms with Gasteiger partial charge in [0.15, 0.2) is 0 Å². The molecule has 0 saturated heterocycles. The van der Waals surface area contributed by atoms with E-state index in [1.165, 1.54) is 17.5 Å². The van der Waals surface area contributed by atoms with Crippen LogP contribution in [0, 0.1) is 0 Å². The summed E-state index contributed by atoms with van der Waals surface area (Å²) in [7, 11) is 0. The predicted octanol–water partition coefficient (Wildman–Crippen LogP) is 5.03. The van der Waals surface area contributed by atoms with Crippen molar-refractivity contribution in [1.29, 1.82) is 0 Å². The Balaban J connectivity index is 1.51. The number of aromatic nitrogens is 1. The molecule has 4 rings (SSSR count). The number of fused-ring (bicyclic) bond motifs is 1. The van der Waals surface area contributed by atoms with E-state index in [0.29, 0.717) is 6.04 Å². The van der Waals surface area contributed by atoms with E-state index in [0.717, 1.165) is 34.6 Å². The van der Waals surface area contributed by atoms with E-state index in [1.54, 1.807) is 11.3 Å². The molecular weight excluding hydrogens is 318 g/mol. The molecule has 0 spiro atoms. The summed E-state index contributed by atoms with van der Waals surface area (Å²) in [5.74, 6) is 0. The zero-order valence-electron chi connectivity index (χ0n) is 13.3. The third-order valence-electron chi connectivity index (χ3n) is 4.35. The number of rotatable bonds is 3. The zero-order valence-corrected chi connectivity index (χ0v) is 14.1. The Bertz CT molecular complexity index is 835. The molecule has 3 aromatic rings. The lowest BCUT2D eigenvalue weighted by Gasteiger charge is -2.13. The van der Waals surface area contributed by atoms with E-state index in [9.17, 15) is 4.79 Å². The normalized spacial score (nSPS) is 14.8. The maximum absolute atomic E-state index is 12.1. The zero-order chi connectivity index (χ0) is 16.4. The van der Waals surface area contributed by atoms with Crippen LogP contribution in [-0.4, -0.2) is 17.1 Å². The fraction of sp³-hybridized carbons (Fsp3) is 0.263. The van der Waals surface area contributed by atoms with E-state index in [-0.39, 0.29) is 6.03 Å². The molecule has 4 nitrogen and oxygen atoms in total. The van der Waals surface area contributed by atoms with Crippen molar-refractivity contribution in [1.82, 2.24) is 10.3 Å². The van der Waals surface area contributed by atoms with Crippen molar-refractivity contribution in [2.24, 2.45) is 0 Å². The maximum Gasteiger partial charge on any atom is 0.319 e. The molecule has 5 heteroatoms. The Morgan fingerprint density at radius 3 is 2.75 bits per heavy atom. The van der Waals surface area contributed by atoms with Gasteiger partial charge in [-0.25, -0.2) is 9.78 Å². The molecule has 1 heterocycles. The van der Waals surface area contributed by atoms with Crippen molar-refractivity contribution in [3.8, 4) is 10.6 Å². The number of nitrogens with zero attached hydrogens (tertiary/aromatic N) is 1. The number of benzene rings is 2. The Hall–Kier alpha value is -2.40. The Labute approximate surface area is 144 Å². The molecule has 1 aliphatic carbocycles. The highest BCUT2D eigenvalue weighted by molar-refractivity contribution is 7.21. The summed E-state index contributed by atoms with van der Waals surface area (Å²) in [6.45, 7) is 0. The number of para-hydroxylation sites is 1. The number of urea groups is 1. The number of hydrogen-bond donors (Lipinski definition) is 2. The van der Waals surface area contributed by atoms with Gasteiger partial charge in [-0.05, 0) is 37.1 Å². The molecule has 1 aromatic heterocycles. The van der Waals surface area contributed by atoms with E-state index < -0.39 is 0 Å². The molecule has 0 radical (unpaired) electrons.